The van der Waals surface area contributed by atoms with Crippen molar-refractivity contribution in [3.8, 4) is 0 Å². The van der Waals surface area contributed by atoms with E-state index in [9.17, 15) is 21.6 Å². The number of rotatable bonds is 4. The summed E-state index contributed by atoms with van der Waals surface area (Å²) in [5, 5.41) is 0. The number of hydrogen-bond donors (Lipinski definition) is 1. The molecule has 1 saturated heterocycles. The van der Waals surface area contributed by atoms with E-state index in [1.54, 1.807) is 0 Å². The zero-order valence-corrected chi connectivity index (χ0v) is 13.4. The van der Waals surface area contributed by atoms with Gasteiger partial charge in [0.1, 0.15) is 0 Å². The van der Waals surface area contributed by atoms with Crippen molar-refractivity contribution in [1.29, 1.82) is 0 Å². The third-order valence-corrected chi connectivity index (χ3v) is 5.93. The second-order valence-electron chi connectivity index (χ2n) is 5.41. The fourth-order valence-corrected chi connectivity index (χ4v) is 4.41. The molecule has 9 heteroatoms. The molecule has 1 aromatic rings. The van der Waals surface area contributed by atoms with Gasteiger partial charge in [0.05, 0.1) is 16.6 Å². The van der Waals surface area contributed by atoms with Crippen molar-refractivity contribution in [2.75, 3.05) is 20.2 Å². The number of alkyl halides is 3. The molecule has 0 radical (unpaired) electrons. The summed E-state index contributed by atoms with van der Waals surface area (Å²) in [5.74, 6) is 0. The Morgan fingerprint density at radius 2 is 2.09 bits per heavy atom. The van der Waals surface area contributed by atoms with E-state index in [2.05, 4.69) is 0 Å². The molecule has 1 heterocycles. The highest BCUT2D eigenvalue weighted by Gasteiger charge is 2.38. The molecule has 1 fully saturated rings. The van der Waals surface area contributed by atoms with Crippen LogP contribution in [0.1, 0.15) is 18.4 Å². The molecular formula is C14H19F3N2O3S. The van der Waals surface area contributed by atoms with E-state index in [1.165, 1.54) is 17.5 Å². The molecule has 130 valence electrons. The Bertz CT molecular complexity index is 649. The minimum atomic E-state index is -4.60. The molecule has 2 atom stereocenters. The molecule has 0 bridgehead atoms. The Kier molecular flexibility index (Phi) is 5.34. The summed E-state index contributed by atoms with van der Waals surface area (Å²) in [6.07, 6.45) is -3.80. The lowest BCUT2D eigenvalue weighted by Gasteiger charge is -2.37. The van der Waals surface area contributed by atoms with Crippen LogP contribution in [0.15, 0.2) is 29.2 Å². The van der Waals surface area contributed by atoms with Gasteiger partial charge in [-0.3, -0.25) is 0 Å². The van der Waals surface area contributed by atoms with Crippen LogP contribution in [0.25, 0.3) is 0 Å². The first-order valence-electron chi connectivity index (χ1n) is 7.12. The second-order valence-corrected chi connectivity index (χ2v) is 7.30. The number of piperidine rings is 1. The van der Waals surface area contributed by atoms with Crippen molar-refractivity contribution in [3.05, 3.63) is 29.8 Å². The number of hydrogen-bond acceptors (Lipinski definition) is 4. The average molecular weight is 352 g/mol. The largest absolute Gasteiger partial charge is 0.416 e. The average Bonchev–Trinajstić information content (AvgIpc) is 2.53. The Morgan fingerprint density at radius 3 is 2.65 bits per heavy atom. The van der Waals surface area contributed by atoms with Crippen LogP contribution in [0.4, 0.5) is 13.2 Å². The fraction of sp³-hybridized carbons (Fsp3) is 0.571. The summed E-state index contributed by atoms with van der Waals surface area (Å²) in [6, 6.07) is 3.27. The van der Waals surface area contributed by atoms with Crippen LogP contribution in [0.3, 0.4) is 0 Å². The maximum Gasteiger partial charge on any atom is 0.416 e. The molecule has 0 aliphatic carbocycles. The number of nitrogens with two attached hydrogens (primary N) is 1. The van der Waals surface area contributed by atoms with Gasteiger partial charge < -0.3 is 10.5 Å². The standard InChI is InChI=1S/C14H19F3N2O3S/c1-22-12-5-6-19(11(8-12)9-18)23(20,21)13-4-2-3-10(7-13)14(15,16)17/h2-4,7,11-12H,5-6,8-9,18H2,1H3. The first-order chi connectivity index (χ1) is 10.7. The molecule has 2 rings (SSSR count). The predicted molar refractivity (Wildman–Crippen MR) is 78.2 cm³/mol. The topological polar surface area (TPSA) is 72.6 Å². The molecule has 0 amide bonds. The summed E-state index contributed by atoms with van der Waals surface area (Å²) in [7, 11) is -2.50. The molecule has 0 saturated carbocycles. The van der Waals surface area contributed by atoms with Gasteiger partial charge in [-0.05, 0) is 31.0 Å². The van der Waals surface area contributed by atoms with Gasteiger partial charge in [0.15, 0.2) is 0 Å². The van der Waals surface area contributed by atoms with Crippen LogP contribution >= 0.6 is 0 Å². The molecule has 2 N–H and O–H groups in total. The van der Waals surface area contributed by atoms with Crippen LogP contribution in [0.2, 0.25) is 0 Å². The molecule has 1 aliphatic heterocycles. The predicted octanol–water partition coefficient (Wildman–Crippen LogP) is 1.83. The van der Waals surface area contributed by atoms with Gasteiger partial charge in [0.2, 0.25) is 10.0 Å². The van der Waals surface area contributed by atoms with Gasteiger partial charge in [0, 0.05) is 26.2 Å². The van der Waals surface area contributed by atoms with Crippen molar-refractivity contribution in [3.63, 3.8) is 0 Å². The number of methoxy groups -OCH3 is 1. The van der Waals surface area contributed by atoms with Crippen LogP contribution < -0.4 is 5.73 Å². The summed E-state index contributed by atoms with van der Waals surface area (Å²) in [6.45, 7) is 0.247. The number of benzene rings is 1. The minimum Gasteiger partial charge on any atom is -0.381 e. The number of halogens is 3. The Hall–Kier alpha value is -1.16. The zero-order valence-electron chi connectivity index (χ0n) is 12.6. The summed E-state index contributed by atoms with van der Waals surface area (Å²) in [5.41, 5.74) is 4.65. The molecule has 23 heavy (non-hydrogen) atoms. The third kappa shape index (κ3) is 3.85. The summed E-state index contributed by atoms with van der Waals surface area (Å²) >= 11 is 0. The zero-order chi connectivity index (χ0) is 17.3. The minimum absolute atomic E-state index is 0.0814. The van der Waals surface area contributed by atoms with Crippen LogP contribution in [-0.2, 0) is 20.9 Å². The summed E-state index contributed by atoms with van der Waals surface area (Å²) in [4.78, 5) is -0.373. The second kappa shape index (κ2) is 6.76. The van der Waals surface area contributed by atoms with Gasteiger partial charge in [-0.1, -0.05) is 6.07 Å². The fourth-order valence-electron chi connectivity index (χ4n) is 2.71. The quantitative estimate of drug-likeness (QED) is 0.897. The van der Waals surface area contributed by atoms with Crippen molar-refractivity contribution < 1.29 is 26.3 Å². The molecule has 1 aromatic carbocycles. The molecule has 0 aromatic heterocycles. The molecular weight excluding hydrogens is 333 g/mol. The van der Waals surface area contributed by atoms with E-state index in [0.29, 0.717) is 18.9 Å². The van der Waals surface area contributed by atoms with E-state index in [1.807, 2.05) is 0 Å². The van der Waals surface area contributed by atoms with E-state index in [-0.39, 0.29) is 24.1 Å². The highest BCUT2D eigenvalue weighted by Crippen LogP contribution is 2.32. The first-order valence-corrected chi connectivity index (χ1v) is 8.56. The Morgan fingerprint density at radius 1 is 1.39 bits per heavy atom. The molecule has 1 aliphatic rings. The smallest absolute Gasteiger partial charge is 0.381 e. The number of ether oxygens (including phenoxy) is 1. The molecule has 0 spiro atoms. The SMILES string of the molecule is COC1CCN(S(=O)(=O)c2cccc(C(F)(F)F)c2)C(CN)C1. The highest BCUT2D eigenvalue weighted by molar-refractivity contribution is 7.89. The maximum atomic E-state index is 12.8. The van der Waals surface area contributed by atoms with Crippen molar-refractivity contribution in [2.45, 2.75) is 36.1 Å². The monoisotopic (exact) mass is 352 g/mol. The Balaban J connectivity index is 2.34. The van der Waals surface area contributed by atoms with Gasteiger partial charge in [-0.15, -0.1) is 0 Å². The normalized spacial score (nSPS) is 23.9. The van der Waals surface area contributed by atoms with E-state index >= 15 is 0 Å². The molecule has 2 unspecified atom stereocenters. The number of sulfonamides is 1. The number of nitrogens with zero attached hydrogens (tertiary/aromatic N) is 1. The lowest BCUT2D eigenvalue weighted by molar-refractivity contribution is -0.137. The van der Waals surface area contributed by atoms with Gasteiger partial charge in [-0.25, -0.2) is 8.42 Å². The highest BCUT2D eigenvalue weighted by atomic mass is 32.2. The lowest BCUT2D eigenvalue weighted by atomic mass is 10.0. The van der Waals surface area contributed by atoms with Crippen molar-refractivity contribution in [2.24, 2.45) is 5.73 Å². The van der Waals surface area contributed by atoms with Crippen LogP contribution in [0, 0.1) is 0 Å². The van der Waals surface area contributed by atoms with Crippen molar-refractivity contribution >= 4 is 10.0 Å². The van der Waals surface area contributed by atoms with Gasteiger partial charge in [0.25, 0.3) is 0 Å². The van der Waals surface area contributed by atoms with Gasteiger partial charge in [-0.2, -0.15) is 17.5 Å². The third-order valence-electron chi connectivity index (χ3n) is 3.99. The van der Waals surface area contributed by atoms with E-state index in [0.717, 1.165) is 12.1 Å². The first kappa shape index (κ1) is 18.2. The van der Waals surface area contributed by atoms with Crippen LogP contribution in [-0.4, -0.2) is 45.1 Å². The maximum absolute atomic E-state index is 12.8. The van der Waals surface area contributed by atoms with Crippen molar-refractivity contribution in [1.82, 2.24) is 4.31 Å². The van der Waals surface area contributed by atoms with E-state index < -0.39 is 27.8 Å². The lowest BCUT2D eigenvalue weighted by Crippen LogP contribution is -2.51. The Labute approximate surface area is 133 Å². The van der Waals surface area contributed by atoms with Gasteiger partial charge >= 0.3 is 6.18 Å². The van der Waals surface area contributed by atoms with Crippen LogP contribution in [0.5, 0.6) is 0 Å². The van der Waals surface area contributed by atoms with E-state index in [4.69, 9.17) is 10.5 Å². The molecule has 5 nitrogen and oxygen atoms in total. The summed E-state index contributed by atoms with van der Waals surface area (Å²) < 4.78 is 70.2.